The van der Waals surface area contributed by atoms with E-state index in [4.69, 9.17) is 9.47 Å². The molecule has 0 aliphatic carbocycles. The molecule has 0 saturated carbocycles. The number of likely N-dealkylation sites (tertiary alicyclic amines) is 1. The first-order valence-electron chi connectivity index (χ1n) is 7.74. The fourth-order valence-electron chi connectivity index (χ4n) is 2.68. The van der Waals surface area contributed by atoms with Crippen LogP contribution in [0, 0.1) is 5.92 Å². The molecule has 2 rings (SSSR count). The number of hydrogen-bond donors (Lipinski definition) is 1. The predicted molar refractivity (Wildman–Crippen MR) is 77.8 cm³/mol. The first-order valence-corrected chi connectivity index (χ1v) is 7.74. The molecular weight excluding hydrogens is 256 g/mol. The quantitative estimate of drug-likeness (QED) is 0.861. The predicted octanol–water partition coefficient (Wildman–Crippen LogP) is 2.01. The van der Waals surface area contributed by atoms with E-state index >= 15 is 0 Å². The van der Waals surface area contributed by atoms with E-state index in [-0.39, 0.29) is 12.2 Å². The molecule has 1 N–H and O–H groups in total. The topological polar surface area (TPSA) is 50.8 Å². The molecule has 0 aromatic carbocycles. The van der Waals surface area contributed by atoms with E-state index in [0.29, 0.717) is 12.5 Å². The smallest absolute Gasteiger partial charge is 0.410 e. The summed E-state index contributed by atoms with van der Waals surface area (Å²) in [4.78, 5) is 13.7. The van der Waals surface area contributed by atoms with Crippen LogP contribution in [-0.4, -0.2) is 55.5 Å². The molecule has 2 saturated heterocycles. The monoisotopic (exact) mass is 284 g/mol. The highest BCUT2D eigenvalue weighted by Gasteiger charge is 2.30. The molecule has 116 valence electrons. The first-order chi connectivity index (χ1) is 9.44. The van der Waals surface area contributed by atoms with Crippen molar-refractivity contribution in [2.75, 3.05) is 32.8 Å². The summed E-state index contributed by atoms with van der Waals surface area (Å²) in [5, 5.41) is 3.36. The Balaban J connectivity index is 1.68. The molecule has 0 bridgehead atoms. The van der Waals surface area contributed by atoms with Crippen LogP contribution in [0.4, 0.5) is 4.79 Å². The number of nitrogens with one attached hydrogen (secondary N) is 1. The third kappa shape index (κ3) is 4.94. The summed E-state index contributed by atoms with van der Waals surface area (Å²) >= 11 is 0. The van der Waals surface area contributed by atoms with Crippen LogP contribution in [0.2, 0.25) is 0 Å². The summed E-state index contributed by atoms with van der Waals surface area (Å²) in [5.74, 6) is 0.673. The van der Waals surface area contributed by atoms with Crippen molar-refractivity contribution in [2.24, 2.45) is 5.92 Å². The Labute approximate surface area is 122 Å². The highest BCUT2D eigenvalue weighted by molar-refractivity contribution is 5.68. The summed E-state index contributed by atoms with van der Waals surface area (Å²) in [6.07, 6.45) is 3.28. The van der Waals surface area contributed by atoms with Crippen LogP contribution >= 0.6 is 0 Å². The van der Waals surface area contributed by atoms with Crippen molar-refractivity contribution < 1.29 is 14.3 Å². The lowest BCUT2D eigenvalue weighted by atomic mass is 9.99. The maximum Gasteiger partial charge on any atom is 0.410 e. The summed E-state index contributed by atoms with van der Waals surface area (Å²) in [6.45, 7) is 10.1. The van der Waals surface area contributed by atoms with Crippen LogP contribution in [0.1, 0.15) is 40.0 Å². The van der Waals surface area contributed by atoms with Gasteiger partial charge < -0.3 is 19.7 Å². The average molecular weight is 284 g/mol. The van der Waals surface area contributed by atoms with Crippen molar-refractivity contribution in [3.8, 4) is 0 Å². The van der Waals surface area contributed by atoms with Crippen LogP contribution in [0.25, 0.3) is 0 Å². The van der Waals surface area contributed by atoms with Gasteiger partial charge in [0.2, 0.25) is 0 Å². The van der Waals surface area contributed by atoms with Crippen LogP contribution in [0.15, 0.2) is 0 Å². The number of piperidine rings is 1. The zero-order chi connectivity index (χ0) is 14.6. The van der Waals surface area contributed by atoms with Crippen molar-refractivity contribution in [2.45, 2.75) is 51.7 Å². The standard InChI is InChI=1S/C15H28N2O3/c1-15(2,3)20-14(18)17-9-6-13(10-17)19-11-12-4-7-16-8-5-12/h12-13,16H,4-11H2,1-3H3/t13-/m1/s1. The summed E-state index contributed by atoms with van der Waals surface area (Å²) in [7, 11) is 0. The van der Waals surface area contributed by atoms with Gasteiger partial charge in [0.05, 0.1) is 12.6 Å². The van der Waals surface area contributed by atoms with Crippen molar-refractivity contribution in [1.82, 2.24) is 10.2 Å². The van der Waals surface area contributed by atoms with E-state index in [1.165, 1.54) is 12.8 Å². The van der Waals surface area contributed by atoms with E-state index in [9.17, 15) is 4.79 Å². The lowest BCUT2D eigenvalue weighted by molar-refractivity contribution is 0.0126. The van der Waals surface area contributed by atoms with Gasteiger partial charge in [0.15, 0.2) is 0 Å². The molecule has 0 unspecified atom stereocenters. The third-order valence-electron chi connectivity index (χ3n) is 3.82. The van der Waals surface area contributed by atoms with E-state index in [2.05, 4.69) is 5.32 Å². The Morgan fingerprint density at radius 2 is 1.95 bits per heavy atom. The van der Waals surface area contributed by atoms with Gasteiger partial charge in [-0.2, -0.15) is 0 Å². The molecule has 5 nitrogen and oxygen atoms in total. The first kappa shape index (κ1) is 15.6. The second-order valence-electron chi connectivity index (χ2n) is 6.86. The normalized spacial score (nSPS) is 24.9. The van der Waals surface area contributed by atoms with Crippen molar-refractivity contribution in [3.05, 3.63) is 0 Å². The number of rotatable bonds is 3. The number of hydrogen-bond acceptors (Lipinski definition) is 4. The van der Waals surface area contributed by atoms with E-state index in [1.807, 2.05) is 20.8 Å². The number of nitrogens with zero attached hydrogens (tertiary/aromatic N) is 1. The Bertz CT molecular complexity index is 322. The molecule has 2 aliphatic rings. The highest BCUT2D eigenvalue weighted by Crippen LogP contribution is 2.19. The van der Waals surface area contributed by atoms with Crippen molar-refractivity contribution >= 4 is 6.09 Å². The van der Waals surface area contributed by atoms with Crippen molar-refractivity contribution in [3.63, 3.8) is 0 Å². The minimum absolute atomic E-state index is 0.178. The molecule has 20 heavy (non-hydrogen) atoms. The van der Waals surface area contributed by atoms with Gasteiger partial charge in [-0.3, -0.25) is 0 Å². The van der Waals surface area contributed by atoms with Crippen LogP contribution in [-0.2, 0) is 9.47 Å². The van der Waals surface area contributed by atoms with Crippen LogP contribution < -0.4 is 5.32 Å². The van der Waals surface area contributed by atoms with Gasteiger partial charge >= 0.3 is 6.09 Å². The van der Waals surface area contributed by atoms with E-state index in [0.717, 1.165) is 32.7 Å². The number of carbonyl (C=O) groups excluding carboxylic acids is 1. The molecular formula is C15H28N2O3. The SMILES string of the molecule is CC(C)(C)OC(=O)N1CC[C@@H](OCC2CCNCC2)C1. The molecule has 5 heteroatoms. The average Bonchev–Trinajstić information content (AvgIpc) is 2.84. The fourth-order valence-corrected chi connectivity index (χ4v) is 2.68. The Morgan fingerprint density at radius 3 is 2.60 bits per heavy atom. The second-order valence-corrected chi connectivity index (χ2v) is 6.86. The molecule has 1 atom stereocenters. The summed E-state index contributed by atoms with van der Waals surface area (Å²) < 4.78 is 11.4. The molecule has 0 spiro atoms. The van der Waals surface area contributed by atoms with E-state index in [1.54, 1.807) is 4.90 Å². The Kier molecular flexibility index (Phi) is 5.27. The van der Waals surface area contributed by atoms with E-state index < -0.39 is 5.60 Å². The molecule has 2 fully saturated rings. The lowest BCUT2D eigenvalue weighted by Gasteiger charge is -2.25. The van der Waals surface area contributed by atoms with Crippen LogP contribution in [0.3, 0.4) is 0 Å². The third-order valence-corrected chi connectivity index (χ3v) is 3.82. The van der Waals surface area contributed by atoms with Gasteiger partial charge in [-0.25, -0.2) is 4.79 Å². The highest BCUT2D eigenvalue weighted by atomic mass is 16.6. The maximum atomic E-state index is 12.0. The van der Waals surface area contributed by atoms with Crippen molar-refractivity contribution in [1.29, 1.82) is 0 Å². The van der Waals surface area contributed by atoms with Gasteiger partial charge in [-0.15, -0.1) is 0 Å². The number of carbonyl (C=O) groups is 1. The zero-order valence-corrected chi connectivity index (χ0v) is 13.0. The largest absolute Gasteiger partial charge is 0.444 e. The number of ether oxygens (including phenoxy) is 2. The minimum atomic E-state index is -0.425. The van der Waals surface area contributed by atoms with Crippen LogP contribution in [0.5, 0.6) is 0 Å². The summed E-state index contributed by atoms with van der Waals surface area (Å²) in [5.41, 5.74) is -0.425. The molecule has 2 aliphatic heterocycles. The Hall–Kier alpha value is -0.810. The van der Waals surface area contributed by atoms with Gasteiger partial charge in [-0.1, -0.05) is 0 Å². The second kappa shape index (κ2) is 6.76. The lowest BCUT2D eigenvalue weighted by Crippen LogP contribution is -2.36. The molecule has 0 aromatic heterocycles. The number of amides is 1. The fraction of sp³-hybridized carbons (Fsp3) is 0.933. The van der Waals surface area contributed by atoms with Gasteiger partial charge in [0, 0.05) is 13.2 Å². The van der Waals surface area contributed by atoms with Gasteiger partial charge in [0.25, 0.3) is 0 Å². The maximum absolute atomic E-state index is 12.0. The molecule has 1 amide bonds. The molecule has 2 heterocycles. The molecule has 0 aromatic rings. The summed E-state index contributed by atoms with van der Waals surface area (Å²) in [6, 6.07) is 0. The molecule has 0 radical (unpaired) electrons. The van der Waals surface area contributed by atoms with Gasteiger partial charge in [-0.05, 0) is 59.0 Å². The van der Waals surface area contributed by atoms with Gasteiger partial charge in [0.1, 0.15) is 5.60 Å². The zero-order valence-electron chi connectivity index (χ0n) is 13.0. The Morgan fingerprint density at radius 1 is 1.25 bits per heavy atom. The minimum Gasteiger partial charge on any atom is -0.444 e.